The second-order valence-corrected chi connectivity index (χ2v) is 9.24. The number of aliphatic imine (C=N–C) groups is 1. The van der Waals surface area contributed by atoms with E-state index in [4.69, 9.17) is 0 Å². The van der Waals surface area contributed by atoms with E-state index in [1.807, 2.05) is 38.2 Å². The molecule has 2 aromatic rings. The fraction of sp³-hybridized carbons (Fsp3) is 0.409. The third-order valence-corrected chi connectivity index (χ3v) is 6.72. The monoisotopic (exact) mass is 400 g/mol. The van der Waals surface area contributed by atoms with Crippen LogP contribution in [0.3, 0.4) is 0 Å². The summed E-state index contributed by atoms with van der Waals surface area (Å²) in [6, 6.07) is 12.2. The highest BCUT2D eigenvalue weighted by molar-refractivity contribution is 7.93. The van der Waals surface area contributed by atoms with Crippen LogP contribution in [0.2, 0.25) is 0 Å². The Labute approximate surface area is 170 Å². The van der Waals surface area contributed by atoms with Crippen LogP contribution in [0.1, 0.15) is 31.4 Å². The summed E-state index contributed by atoms with van der Waals surface area (Å²) in [5.74, 6) is 0.972. The third kappa shape index (κ3) is 4.93. The third-order valence-electron chi connectivity index (χ3n) is 4.82. The standard InChI is InChI=1S/C22H32N4OS/c1-8-22(23-5)25-20-14-17(4)21(15-16(20)3)26(6)18-10-12-19(13-11-18)28(7,27)24-9-2/h10-15H,8-9H2,1-7H3,(H,23,25). The lowest BCUT2D eigenvalue weighted by molar-refractivity contribution is 0.679. The second kappa shape index (κ2) is 9.24. The van der Waals surface area contributed by atoms with Crippen LogP contribution >= 0.6 is 0 Å². The SMILES string of the molecule is CCN=S(C)(=O)c1ccc(N(C)c2cc(C)c(NC(CC)=NC)cc2C)cc1. The van der Waals surface area contributed by atoms with E-state index in [0.717, 1.165) is 39.8 Å². The number of hydrogen-bond donors (Lipinski definition) is 1. The second-order valence-electron chi connectivity index (χ2n) is 6.90. The van der Waals surface area contributed by atoms with Gasteiger partial charge in [-0.15, -0.1) is 0 Å². The summed E-state index contributed by atoms with van der Waals surface area (Å²) in [6.45, 7) is 8.76. The zero-order valence-electron chi connectivity index (χ0n) is 18.0. The number of hydrogen-bond acceptors (Lipinski definition) is 4. The van der Waals surface area contributed by atoms with Gasteiger partial charge in [-0.3, -0.25) is 4.99 Å². The Kier molecular flexibility index (Phi) is 7.24. The molecule has 0 spiro atoms. The molecule has 152 valence electrons. The zero-order valence-corrected chi connectivity index (χ0v) is 18.9. The lowest BCUT2D eigenvalue weighted by Gasteiger charge is -2.24. The van der Waals surface area contributed by atoms with Crippen LogP contribution in [-0.4, -0.2) is 36.9 Å². The lowest BCUT2D eigenvalue weighted by Crippen LogP contribution is -2.14. The predicted octanol–water partition coefficient (Wildman–Crippen LogP) is 5.40. The lowest BCUT2D eigenvalue weighted by atomic mass is 10.1. The number of nitrogens with one attached hydrogen (secondary N) is 1. The van der Waals surface area contributed by atoms with Gasteiger partial charge in [-0.05, 0) is 68.3 Å². The minimum Gasteiger partial charge on any atom is -0.344 e. The Balaban J connectivity index is 2.34. The van der Waals surface area contributed by atoms with Gasteiger partial charge in [0.15, 0.2) is 0 Å². The summed E-state index contributed by atoms with van der Waals surface area (Å²) in [6.07, 6.45) is 2.56. The van der Waals surface area contributed by atoms with Crippen molar-refractivity contribution in [1.29, 1.82) is 0 Å². The van der Waals surface area contributed by atoms with Gasteiger partial charge in [0.05, 0.1) is 9.73 Å². The van der Waals surface area contributed by atoms with Crippen molar-refractivity contribution in [2.45, 2.75) is 39.0 Å². The van der Waals surface area contributed by atoms with E-state index in [1.54, 1.807) is 6.26 Å². The molecule has 5 nitrogen and oxygen atoms in total. The summed E-state index contributed by atoms with van der Waals surface area (Å²) in [7, 11) is 1.54. The van der Waals surface area contributed by atoms with E-state index in [-0.39, 0.29) is 0 Å². The zero-order chi connectivity index (χ0) is 20.9. The molecule has 0 aliphatic heterocycles. The topological polar surface area (TPSA) is 57.1 Å². The summed E-state index contributed by atoms with van der Waals surface area (Å²) in [5, 5.41) is 3.42. The van der Waals surface area contributed by atoms with Crippen molar-refractivity contribution in [3.05, 3.63) is 47.5 Å². The van der Waals surface area contributed by atoms with E-state index in [9.17, 15) is 4.21 Å². The molecule has 0 amide bonds. The number of rotatable bonds is 6. The Morgan fingerprint density at radius 1 is 1.11 bits per heavy atom. The molecule has 0 fully saturated rings. The summed E-state index contributed by atoms with van der Waals surface area (Å²) in [4.78, 5) is 7.20. The molecular weight excluding hydrogens is 368 g/mol. The van der Waals surface area contributed by atoms with Crippen molar-refractivity contribution in [2.75, 3.05) is 37.1 Å². The van der Waals surface area contributed by atoms with Gasteiger partial charge in [-0.1, -0.05) is 6.92 Å². The predicted molar refractivity (Wildman–Crippen MR) is 123 cm³/mol. The Morgan fingerprint density at radius 2 is 1.75 bits per heavy atom. The van der Waals surface area contributed by atoms with Gasteiger partial charge in [0, 0.05) is 55.3 Å². The van der Waals surface area contributed by atoms with E-state index in [0.29, 0.717) is 6.54 Å². The van der Waals surface area contributed by atoms with Crippen LogP contribution in [0.25, 0.3) is 0 Å². The van der Waals surface area contributed by atoms with Crippen molar-refractivity contribution < 1.29 is 4.21 Å². The normalized spacial score (nSPS) is 13.8. The largest absolute Gasteiger partial charge is 0.344 e. The van der Waals surface area contributed by atoms with E-state index >= 15 is 0 Å². The highest BCUT2D eigenvalue weighted by Crippen LogP contribution is 2.32. The molecule has 0 heterocycles. The van der Waals surface area contributed by atoms with E-state index < -0.39 is 9.73 Å². The van der Waals surface area contributed by atoms with Gasteiger partial charge < -0.3 is 10.2 Å². The maximum atomic E-state index is 12.6. The van der Waals surface area contributed by atoms with Crippen LogP contribution in [0, 0.1) is 13.8 Å². The first-order valence-electron chi connectivity index (χ1n) is 9.59. The average molecular weight is 401 g/mol. The minimum absolute atomic E-state index is 0.554. The molecule has 0 aromatic heterocycles. The molecule has 2 rings (SSSR count). The summed E-state index contributed by atoms with van der Waals surface area (Å²) >= 11 is 0. The van der Waals surface area contributed by atoms with E-state index in [2.05, 4.69) is 59.5 Å². The van der Waals surface area contributed by atoms with Crippen molar-refractivity contribution >= 4 is 32.6 Å². The Bertz CT molecular complexity index is 971. The van der Waals surface area contributed by atoms with Crippen molar-refractivity contribution in [2.24, 2.45) is 9.36 Å². The molecular formula is C22H32N4OS. The molecule has 0 radical (unpaired) electrons. The van der Waals surface area contributed by atoms with Crippen molar-refractivity contribution in [3.8, 4) is 0 Å². The quantitative estimate of drug-likeness (QED) is 0.522. The molecule has 0 aliphatic carbocycles. The van der Waals surface area contributed by atoms with Gasteiger partial charge in [0.2, 0.25) is 0 Å². The van der Waals surface area contributed by atoms with Gasteiger partial charge in [0.1, 0.15) is 5.84 Å². The maximum absolute atomic E-state index is 12.6. The number of nitrogens with zero attached hydrogens (tertiary/aromatic N) is 3. The van der Waals surface area contributed by atoms with Crippen LogP contribution in [0.4, 0.5) is 17.1 Å². The smallest absolute Gasteiger partial charge is 0.100 e. The van der Waals surface area contributed by atoms with Crippen LogP contribution in [-0.2, 0) is 9.73 Å². The first kappa shape index (κ1) is 22.0. The van der Waals surface area contributed by atoms with E-state index in [1.165, 1.54) is 5.56 Å². The number of anilines is 3. The van der Waals surface area contributed by atoms with Gasteiger partial charge in [-0.2, -0.15) is 0 Å². The molecule has 1 N–H and O–H groups in total. The number of aryl methyl sites for hydroxylation is 2. The molecule has 28 heavy (non-hydrogen) atoms. The molecule has 0 bridgehead atoms. The highest BCUT2D eigenvalue weighted by Gasteiger charge is 2.12. The number of amidine groups is 1. The van der Waals surface area contributed by atoms with Crippen molar-refractivity contribution in [3.63, 3.8) is 0 Å². The fourth-order valence-electron chi connectivity index (χ4n) is 3.14. The summed E-state index contributed by atoms with van der Waals surface area (Å²) < 4.78 is 16.8. The van der Waals surface area contributed by atoms with Crippen LogP contribution < -0.4 is 10.2 Å². The fourth-order valence-corrected chi connectivity index (χ4v) is 4.42. The molecule has 0 saturated carbocycles. The Morgan fingerprint density at radius 3 is 2.29 bits per heavy atom. The molecule has 0 aliphatic rings. The van der Waals surface area contributed by atoms with Gasteiger partial charge >= 0.3 is 0 Å². The molecule has 0 saturated heterocycles. The van der Waals surface area contributed by atoms with Crippen molar-refractivity contribution in [1.82, 2.24) is 0 Å². The first-order chi connectivity index (χ1) is 13.2. The molecule has 6 heteroatoms. The number of benzene rings is 2. The highest BCUT2D eigenvalue weighted by atomic mass is 32.2. The Hall–Kier alpha value is -2.34. The summed E-state index contributed by atoms with van der Waals surface area (Å²) in [5.41, 5.74) is 5.60. The molecule has 1 unspecified atom stereocenters. The van der Waals surface area contributed by atoms with Gasteiger partial charge in [-0.25, -0.2) is 8.57 Å². The maximum Gasteiger partial charge on any atom is 0.100 e. The van der Waals surface area contributed by atoms with Crippen LogP contribution in [0.15, 0.2) is 50.6 Å². The average Bonchev–Trinajstić information content (AvgIpc) is 2.67. The molecule has 2 aromatic carbocycles. The minimum atomic E-state index is -2.32. The van der Waals surface area contributed by atoms with Gasteiger partial charge in [0.25, 0.3) is 0 Å². The van der Waals surface area contributed by atoms with Crippen LogP contribution in [0.5, 0.6) is 0 Å². The first-order valence-corrected chi connectivity index (χ1v) is 11.5. The molecule has 1 atom stereocenters.